The van der Waals surface area contributed by atoms with Crippen molar-refractivity contribution in [2.45, 2.75) is 0 Å². The second kappa shape index (κ2) is 22.4. The van der Waals surface area contributed by atoms with Gasteiger partial charge in [0.2, 0.25) is 0 Å². The Morgan fingerprint density at radius 3 is 1.67 bits per heavy atom. The fourth-order valence-electron chi connectivity index (χ4n) is 0. The number of rotatable bonds is 1. The molecule has 0 rings (SSSR count). The molecule has 0 saturated carbocycles. The van der Waals surface area contributed by atoms with Crippen molar-refractivity contribution < 1.29 is 121 Å². The van der Waals surface area contributed by atoms with Crippen molar-refractivity contribution in [3.63, 3.8) is 0 Å². The van der Waals surface area contributed by atoms with Gasteiger partial charge in [-0.25, -0.2) is 0 Å². The SMILES string of the molecule is N.O.O=[N+]([O-])OP.[H-].[H-].[K+].[K+]. The fourth-order valence-corrected chi connectivity index (χ4v) is 0. The molecule has 0 saturated heterocycles. The van der Waals surface area contributed by atoms with E-state index in [9.17, 15) is 0 Å². The monoisotopic (exact) mass is 210 g/mol. The van der Waals surface area contributed by atoms with Gasteiger partial charge in [0.25, 0.3) is 5.09 Å². The normalized spacial score (nSPS) is 3.67. The van der Waals surface area contributed by atoms with E-state index in [1.54, 1.807) is 0 Å². The van der Waals surface area contributed by atoms with E-state index in [1.807, 2.05) is 0 Å². The summed E-state index contributed by atoms with van der Waals surface area (Å²) < 4.78 is 3.39. The van der Waals surface area contributed by atoms with Gasteiger partial charge < -0.3 is 19.1 Å². The van der Waals surface area contributed by atoms with Crippen LogP contribution in [0.5, 0.6) is 0 Å². The molecule has 0 aromatic carbocycles. The topological polar surface area (TPSA) is 119 Å². The first kappa shape index (κ1) is 29.7. The maximum absolute atomic E-state index is 8.93. The summed E-state index contributed by atoms with van der Waals surface area (Å²) in [4.78, 5) is 8.93. The van der Waals surface area contributed by atoms with E-state index in [2.05, 4.69) is 4.62 Å². The fraction of sp³-hybridized carbons (Fsp3) is 0. The second-order valence-electron chi connectivity index (χ2n) is 0.329. The van der Waals surface area contributed by atoms with Gasteiger partial charge in [-0.15, -0.1) is 10.1 Å². The summed E-state index contributed by atoms with van der Waals surface area (Å²) in [6, 6.07) is 0. The van der Waals surface area contributed by atoms with E-state index in [0.29, 0.717) is 0 Å². The van der Waals surface area contributed by atoms with E-state index < -0.39 is 5.09 Å². The predicted molar refractivity (Wildman–Crippen MR) is 28.6 cm³/mol. The molecular formula is H9K2N2O4P. The van der Waals surface area contributed by atoms with Crippen molar-refractivity contribution in [3.05, 3.63) is 10.1 Å². The Bertz CT molecular complexity index is 59.4. The van der Waals surface area contributed by atoms with Crippen molar-refractivity contribution in [2.24, 2.45) is 0 Å². The van der Waals surface area contributed by atoms with Crippen LogP contribution in [0.1, 0.15) is 2.85 Å². The molecule has 0 spiro atoms. The zero-order valence-corrected chi connectivity index (χ0v) is 12.9. The Labute approximate surface area is 143 Å². The Balaban J connectivity index is -0.00000000533. The van der Waals surface area contributed by atoms with Crippen LogP contribution in [0.25, 0.3) is 0 Å². The molecule has 6 nitrogen and oxygen atoms in total. The molecular weight excluding hydrogens is 201 g/mol. The summed E-state index contributed by atoms with van der Waals surface area (Å²) >= 11 is 0. The van der Waals surface area contributed by atoms with Gasteiger partial charge in [-0.3, -0.25) is 0 Å². The molecule has 0 fully saturated rings. The van der Waals surface area contributed by atoms with Gasteiger partial charge in [0.1, 0.15) is 0 Å². The van der Waals surface area contributed by atoms with E-state index in [-0.39, 0.29) is 117 Å². The molecule has 50 valence electrons. The molecule has 0 heterocycles. The maximum Gasteiger partial charge on any atom is 1.00 e. The first-order valence-electron chi connectivity index (χ1n) is 0.783. The number of hydrogen-bond donors (Lipinski definition) is 1. The van der Waals surface area contributed by atoms with Crippen molar-refractivity contribution >= 4 is 9.47 Å². The molecule has 0 radical (unpaired) electrons. The molecule has 0 aliphatic carbocycles. The molecule has 0 bridgehead atoms. The smallest absolute Gasteiger partial charge is 1.00 e. The van der Waals surface area contributed by atoms with Gasteiger partial charge in [0, 0.05) is 0 Å². The molecule has 1 unspecified atom stereocenters. The second-order valence-corrected chi connectivity index (χ2v) is 0.540. The maximum atomic E-state index is 8.93. The molecule has 0 aliphatic rings. The number of nitrogens with zero attached hydrogens (tertiary/aromatic N) is 1. The average molecular weight is 210 g/mol. The summed E-state index contributed by atoms with van der Waals surface area (Å²) in [5.41, 5.74) is 0. The Morgan fingerprint density at radius 2 is 1.67 bits per heavy atom. The van der Waals surface area contributed by atoms with E-state index >= 15 is 0 Å². The third-order valence-electron chi connectivity index (χ3n) is 0.0861. The minimum absolute atomic E-state index is 0. The Morgan fingerprint density at radius 1 is 1.56 bits per heavy atom. The average Bonchev–Trinajstić information content (AvgIpc) is 1.38. The Kier molecular flexibility index (Phi) is 74.2. The van der Waals surface area contributed by atoms with E-state index in [0.717, 1.165) is 0 Å². The first-order chi connectivity index (χ1) is 2.27. The van der Waals surface area contributed by atoms with Crippen molar-refractivity contribution in [1.82, 2.24) is 6.15 Å². The van der Waals surface area contributed by atoms with Crippen molar-refractivity contribution in [3.8, 4) is 0 Å². The van der Waals surface area contributed by atoms with Gasteiger partial charge in [0.15, 0.2) is 0 Å². The Hall–Kier alpha value is 2.82. The quantitative estimate of drug-likeness (QED) is 0.200. The van der Waals surface area contributed by atoms with Gasteiger partial charge in [0.05, 0.1) is 9.47 Å². The summed E-state index contributed by atoms with van der Waals surface area (Å²) in [5, 5.41) is 8.02. The summed E-state index contributed by atoms with van der Waals surface area (Å²) in [6.07, 6.45) is 0. The summed E-state index contributed by atoms with van der Waals surface area (Å²) in [6.45, 7) is 0. The van der Waals surface area contributed by atoms with Gasteiger partial charge >= 0.3 is 103 Å². The first-order valence-corrected chi connectivity index (χ1v) is 1.25. The largest absolute Gasteiger partial charge is 1.00 e. The summed E-state index contributed by atoms with van der Waals surface area (Å²) in [5.74, 6) is 0. The van der Waals surface area contributed by atoms with Crippen LogP contribution < -0.4 is 109 Å². The minimum Gasteiger partial charge on any atom is -1.00 e. The van der Waals surface area contributed by atoms with Crippen LogP contribution >= 0.6 is 9.47 Å². The molecule has 5 N–H and O–H groups in total. The molecule has 1 atom stereocenters. The van der Waals surface area contributed by atoms with Gasteiger partial charge in [-0.05, 0) is 0 Å². The summed E-state index contributed by atoms with van der Waals surface area (Å²) in [7, 11) is 1.50. The third kappa shape index (κ3) is 36.2. The molecule has 0 aromatic heterocycles. The van der Waals surface area contributed by atoms with Crippen LogP contribution in [-0.2, 0) is 4.62 Å². The molecule has 9 heavy (non-hydrogen) atoms. The van der Waals surface area contributed by atoms with E-state index in [4.69, 9.17) is 10.1 Å². The molecule has 0 amide bonds. The third-order valence-corrected chi connectivity index (χ3v) is 0.258. The zero-order valence-electron chi connectivity index (χ0n) is 7.46. The number of hydrogen-bond acceptors (Lipinski definition) is 4. The van der Waals surface area contributed by atoms with Gasteiger partial charge in [-0.1, -0.05) is 0 Å². The van der Waals surface area contributed by atoms with Crippen LogP contribution in [-0.4, -0.2) is 10.6 Å². The van der Waals surface area contributed by atoms with Crippen molar-refractivity contribution in [1.29, 1.82) is 0 Å². The van der Waals surface area contributed by atoms with Crippen LogP contribution in [0.4, 0.5) is 0 Å². The van der Waals surface area contributed by atoms with E-state index in [1.165, 1.54) is 9.47 Å². The standard InChI is InChI=1S/2K.H2NO3P.H3N.H2O.2H/c;;2-1(3)4-5;;;;/h;;5H2;1H3;1H2;;/q2*+1;;;;2*-1. The molecule has 0 aromatic rings. The van der Waals surface area contributed by atoms with Gasteiger partial charge in [-0.2, -0.15) is 0 Å². The van der Waals surface area contributed by atoms with Crippen molar-refractivity contribution in [2.75, 3.05) is 0 Å². The van der Waals surface area contributed by atoms with Crippen LogP contribution in [0.3, 0.4) is 0 Å². The predicted octanol–water partition coefficient (Wildman–Crippen LogP) is -6.44. The molecule has 9 heteroatoms. The van der Waals surface area contributed by atoms with Crippen LogP contribution in [0, 0.1) is 10.1 Å². The minimum atomic E-state index is -0.912. The zero-order chi connectivity index (χ0) is 4.28. The van der Waals surface area contributed by atoms with Crippen LogP contribution in [0.15, 0.2) is 0 Å². The van der Waals surface area contributed by atoms with Crippen LogP contribution in [0.2, 0.25) is 0 Å². The molecule has 0 aliphatic heterocycles.